The van der Waals surface area contributed by atoms with Crippen molar-refractivity contribution < 1.29 is 9.47 Å². The molecule has 0 aromatic rings. The van der Waals surface area contributed by atoms with Crippen LogP contribution >= 0.6 is 0 Å². The number of nitrogens with two attached hydrogens (primary N) is 1. The second-order valence-electron chi connectivity index (χ2n) is 3.47. The van der Waals surface area contributed by atoms with Crippen molar-refractivity contribution in [2.45, 2.75) is 25.8 Å². The Labute approximate surface area is 79.7 Å². The Bertz CT molecular complexity index is 127. The topological polar surface area (TPSA) is 56.5 Å². The molecule has 4 heteroatoms. The minimum Gasteiger partial charge on any atom is -0.381 e. The molecular formula is C9H20N2O2. The molecule has 1 rings (SSSR count). The van der Waals surface area contributed by atoms with Crippen LogP contribution in [0.4, 0.5) is 0 Å². The van der Waals surface area contributed by atoms with Gasteiger partial charge in [-0.2, -0.15) is 0 Å². The first kappa shape index (κ1) is 10.9. The number of hydrogen-bond donors (Lipinski definition) is 2. The van der Waals surface area contributed by atoms with Crippen LogP contribution < -0.4 is 11.3 Å². The molecule has 0 radical (unpaired) electrons. The molecule has 2 unspecified atom stereocenters. The molecule has 0 amide bonds. The lowest BCUT2D eigenvalue weighted by atomic mass is 10.0. The second kappa shape index (κ2) is 6.32. The second-order valence-corrected chi connectivity index (χ2v) is 3.47. The molecule has 4 nitrogen and oxygen atoms in total. The third-order valence-electron chi connectivity index (χ3n) is 2.39. The summed E-state index contributed by atoms with van der Waals surface area (Å²) in [6.07, 6.45) is 2.14. The monoisotopic (exact) mass is 188 g/mol. The summed E-state index contributed by atoms with van der Waals surface area (Å²) in [5, 5.41) is 0. The van der Waals surface area contributed by atoms with Crippen LogP contribution in [0, 0.1) is 5.92 Å². The van der Waals surface area contributed by atoms with Gasteiger partial charge < -0.3 is 9.47 Å². The Morgan fingerprint density at radius 1 is 1.69 bits per heavy atom. The molecule has 1 heterocycles. The maximum atomic E-state index is 5.45. The van der Waals surface area contributed by atoms with Crippen molar-refractivity contribution in [3.8, 4) is 0 Å². The molecule has 1 fully saturated rings. The highest BCUT2D eigenvalue weighted by atomic mass is 16.5. The lowest BCUT2D eigenvalue weighted by Crippen LogP contribution is -2.44. The average molecular weight is 188 g/mol. The first-order chi connectivity index (χ1) is 6.38. The zero-order valence-corrected chi connectivity index (χ0v) is 8.29. The number of hydrogen-bond acceptors (Lipinski definition) is 4. The van der Waals surface area contributed by atoms with E-state index in [2.05, 4.69) is 12.3 Å². The molecule has 1 aliphatic rings. The highest BCUT2D eigenvalue weighted by molar-refractivity contribution is 4.77. The summed E-state index contributed by atoms with van der Waals surface area (Å²) < 4.78 is 10.7. The number of rotatable bonds is 6. The zero-order valence-electron chi connectivity index (χ0n) is 8.29. The molecule has 2 atom stereocenters. The predicted octanol–water partition coefficient (Wildman–Crippen LogP) is 0.281. The van der Waals surface area contributed by atoms with Crippen LogP contribution in [-0.2, 0) is 9.47 Å². The highest BCUT2D eigenvalue weighted by Gasteiger charge is 2.24. The quantitative estimate of drug-likeness (QED) is 0.357. The van der Waals surface area contributed by atoms with Crippen LogP contribution in [-0.4, -0.2) is 32.5 Å². The third kappa shape index (κ3) is 3.60. The Morgan fingerprint density at radius 2 is 2.54 bits per heavy atom. The standard InChI is InChI=1S/C9H20N2O2/c1-2-4-12-7-9(11-10)8-3-5-13-6-8/h8-9,11H,2-7,10H2,1H3. The number of ether oxygens (including phenoxy) is 2. The van der Waals surface area contributed by atoms with Crippen molar-refractivity contribution in [3.05, 3.63) is 0 Å². The predicted molar refractivity (Wildman–Crippen MR) is 51.1 cm³/mol. The normalized spacial score (nSPS) is 24.9. The molecule has 13 heavy (non-hydrogen) atoms. The first-order valence-corrected chi connectivity index (χ1v) is 5.00. The van der Waals surface area contributed by atoms with Gasteiger partial charge in [0.05, 0.1) is 13.2 Å². The fourth-order valence-corrected chi connectivity index (χ4v) is 1.55. The van der Waals surface area contributed by atoms with Crippen LogP contribution in [0.2, 0.25) is 0 Å². The molecule has 0 aliphatic carbocycles. The molecule has 0 saturated carbocycles. The van der Waals surface area contributed by atoms with E-state index in [1.54, 1.807) is 0 Å². The van der Waals surface area contributed by atoms with Crippen molar-refractivity contribution >= 4 is 0 Å². The smallest absolute Gasteiger partial charge is 0.0636 e. The van der Waals surface area contributed by atoms with Gasteiger partial charge in [0.2, 0.25) is 0 Å². The molecule has 78 valence electrons. The van der Waals surface area contributed by atoms with Crippen molar-refractivity contribution in [1.29, 1.82) is 0 Å². The first-order valence-electron chi connectivity index (χ1n) is 5.00. The van der Waals surface area contributed by atoms with Crippen LogP contribution in [0.1, 0.15) is 19.8 Å². The molecule has 0 aromatic heterocycles. The van der Waals surface area contributed by atoms with Gasteiger partial charge in [0.25, 0.3) is 0 Å². The summed E-state index contributed by atoms with van der Waals surface area (Å²) in [5.41, 5.74) is 2.80. The van der Waals surface area contributed by atoms with Gasteiger partial charge in [-0.3, -0.25) is 11.3 Å². The highest BCUT2D eigenvalue weighted by Crippen LogP contribution is 2.16. The molecule has 0 aromatic carbocycles. The Kier molecular flexibility index (Phi) is 5.31. The van der Waals surface area contributed by atoms with Gasteiger partial charge in [0.1, 0.15) is 0 Å². The van der Waals surface area contributed by atoms with Crippen LogP contribution in [0.15, 0.2) is 0 Å². The number of hydrazine groups is 1. The maximum absolute atomic E-state index is 5.45. The molecule has 1 saturated heterocycles. The van der Waals surface area contributed by atoms with Gasteiger partial charge in [0.15, 0.2) is 0 Å². The average Bonchev–Trinajstić information content (AvgIpc) is 2.65. The fraction of sp³-hybridized carbons (Fsp3) is 1.00. The molecule has 1 aliphatic heterocycles. The molecule has 0 spiro atoms. The SMILES string of the molecule is CCCOCC(NN)C1CCOC1. The molecule has 3 N–H and O–H groups in total. The van der Waals surface area contributed by atoms with E-state index in [4.69, 9.17) is 15.3 Å². The van der Waals surface area contributed by atoms with E-state index in [1.165, 1.54) is 0 Å². The van der Waals surface area contributed by atoms with E-state index < -0.39 is 0 Å². The van der Waals surface area contributed by atoms with Crippen molar-refractivity contribution in [2.24, 2.45) is 11.8 Å². The lowest BCUT2D eigenvalue weighted by Gasteiger charge is -2.20. The van der Waals surface area contributed by atoms with Gasteiger partial charge in [-0.25, -0.2) is 0 Å². The van der Waals surface area contributed by atoms with E-state index >= 15 is 0 Å². The molecule has 0 bridgehead atoms. The van der Waals surface area contributed by atoms with Crippen molar-refractivity contribution in [2.75, 3.05) is 26.4 Å². The fourth-order valence-electron chi connectivity index (χ4n) is 1.55. The lowest BCUT2D eigenvalue weighted by molar-refractivity contribution is 0.0876. The summed E-state index contributed by atoms with van der Waals surface area (Å²) in [6.45, 7) is 5.27. The van der Waals surface area contributed by atoms with Crippen LogP contribution in [0.25, 0.3) is 0 Å². The van der Waals surface area contributed by atoms with Gasteiger partial charge in [-0.1, -0.05) is 6.92 Å². The van der Waals surface area contributed by atoms with Gasteiger partial charge in [-0.05, 0) is 12.8 Å². The van der Waals surface area contributed by atoms with Gasteiger partial charge >= 0.3 is 0 Å². The Hall–Kier alpha value is -0.160. The summed E-state index contributed by atoms with van der Waals surface area (Å²) in [6, 6.07) is 0.244. The van der Waals surface area contributed by atoms with Gasteiger partial charge in [-0.15, -0.1) is 0 Å². The van der Waals surface area contributed by atoms with E-state index in [0.717, 1.165) is 32.7 Å². The Morgan fingerprint density at radius 3 is 3.08 bits per heavy atom. The zero-order chi connectivity index (χ0) is 9.52. The maximum Gasteiger partial charge on any atom is 0.0636 e. The number of nitrogens with one attached hydrogen (secondary N) is 1. The minimum atomic E-state index is 0.244. The third-order valence-corrected chi connectivity index (χ3v) is 2.39. The largest absolute Gasteiger partial charge is 0.381 e. The van der Waals surface area contributed by atoms with E-state index in [9.17, 15) is 0 Å². The van der Waals surface area contributed by atoms with Gasteiger partial charge in [0, 0.05) is 25.2 Å². The summed E-state index contributed by atoms with van der Waals surface area (Å²) in [7, 11) is 0. The summed E-state index contributed by atoms with van der Waals surface area (Å²) in [5.74, 6) is 5.96. The van der Waals surface area contributed by atoms with Crippen molar-refractivity contribution in [1.82, 2.24) is 5.43 Å². The summed E-state index contributed by atoms with van der Waals surface area (Å²) in [4.78, 5) is 0. The van der Waals surface area contributed by atoms with Crippen LogP contribution in [0.3, 0.4) is 0 Å². The Balaban J connectivity index is 2.16. The van der Waals surface area contributed by atoms with Crippen molar-refractivity contribution in [3.63, 3.8) is 0 Å². The summed E-state index contributed by atoms with van der Waals surface area (Å²) >= 11 is 0. The van der Waals surface area contributed by atoms with E-state index in [1.807, 2.05) is 0 Å². The van der Waals surface area contributed by atoms with Crippen LogP contribution in [0.5, 0.6) is 0 Å². The minimum absolute atomic E-state index is 0.244. The van der Waals surface area contributed by atoms with E-state index in [0.29, 0.717) is 12.5 Å². The molecular weight excluding hydrogens is 168 g/mol. The van der Waals surface area contributed by atoms with E-state index in [-0.39, 0.29) is 6.04 Å².